The number of likely N-dealkylation sites (tertiary alicyclic amines) is 2. The Morgan fingerprint density at radius 2 is 1.46 bits per heavy atom. The molecule has 2 rings (SSSR count). The van der Waals surface area contributed by atoms with E-state index < -0.39 is 0 Å². The first-order valence-electron chi connectivity index (χ1n) is 11.8. The standard InChI is InChI=1S/C23H46N4O/c1-19(2)21-7-14-26(15-8-21)13-6-12-25(5)18-11-24-23(28)27-16-9-22(10-17-27)20(3)4/h19-22H,6-18H2,1-5H3,(H,24,28). The molecular formula is C23H46N4O. The molecular weight excluding hydrogens is 348 g/mol. The second-order valence-electron chi connectivity index (χ2n) is 9.88. The van der Waals surface area contributed by atoms with Crippen LogP contribution in [0, 0.1) is 23.7 Å². The van der Waals surface area contributed by atoms with Crippen molar-refractivity contribution < 1.29 is 4.79 Å². The van der Waals surface area contributed by atoms with Gasteiger partial charge in [-0.2, -0.15) is 0 Å². The monoisotopic (exact) mass is 394 g/mol. The quantitative estimate of drug-likeness (QED) is 0.647. The fraction of sp³-hybridized carbons (Fsp3) is 0.957. The van der Waals surface area contributed by atoms with Gasteiger partial charge in [-0.25, -0.2) is 4.79 Å². The van der Waals surface area contributed by atoms with Crippen molar-refractivity contribution in [3.63, 3.8) is 0 Å². The van der Waals surface area contributed by atoms with E-state index >= 15 is 0 Å². The second-order valence-corrected chi connectivity index (χ2v) is 9.88. The number of amides is 2. The zero-order valence-electron chi connectivity index (χ0n) is 19.3. The van der Waals surface area contributed by atoms with Crippen LogP contribution in [0.4, 0.5) is 4.79 Å². The van der Waals surface area contributed by atoms with Crippen molar-refractivity contribution in [2.45, 2.75) is 59.8 Å². The number of urea groups is 1. The number of carbonyl (C=O) groups is 1. The van der Waals surface area contributed by atoms with Crippen molar-refractivity contribution in [2.24, 2.45) is 23.7 Å². The minimum Gasteiger partial charge on any atom is -0.337 e. The lowest BCUT2D eigenvalue weighted by molar-refractivity contribution is 0.150. The highest BCUT2D eigenvalue weighted by Crippen LogP contribution is 2.25. The predicted octanol–water partition coefficient (Wildman–Crippen LogP) is 3.75. The fourth-order valence-electron chi connectivity index (χ4n) is 4.75. The molecule has 2 aliphatic rings. The lowest BCUT2D eigenvalue weighted by atomic mass is 9.87. The zero-order chi connectivity index (χ0) is 20.5. The first kappa shape index (κ1) is 23.5. The van der Waals surface area contributed by atoms with Gasteiger partial charge in [-0.3, -0.25) is 0 Å². The first-order valence-corrected chi connectivity index (χ1v) is 11.8. The van der Waals surface area contributed by atoms with Crippen molar-refractivity contribution in [3.8, 4) is 0 Å². The Kier molecular flexibility index (Phi) is 10.1. The third-order valence-electron chi connectivity index (χ3n) is 7.13. The van der Waals surface area contributed by atoms with Crippen molar-refractivity contribution in [2.75, 3.05) is 59.4 Å². The third kappa shape index (κ3) is 7.90. The Balaban J connectivity index is 1.50. The summed E-state index contributed by atoms with van der Waals surface area (Å²) in [6.07, 6.45) is 6.26. The van der Waals surface area contributed by atoms with Crippen LogP contribution in [0.2, 0.25) is 0 Å². The number of carbonyl (C=O) groups excluding carboxylic acids is 1. The van der Waals surface area contributed by atoms with Crippen LogP contribution in [-0.4, -0.2) is 80.1 Å². The van der Waals surface area contributed by atoms with Gasteiger partial charge in [0.25, 0.3) is 0 Å². The predicted molar refractivity (Wildman–Crippen MR) is 119 cm³/mol. The van der Waals surface area contributed by atoms with E-state index in [1.165, 1.54) is 38.9 Å². The smallest absolute Gasteiger partial charge is 0.317 e. The molecule has 5 heteroatoms. The molecule has 0 radical (unpaired) electrons. The van der Waals surface area contributed by atoms with E-state index in [1.807, 2.05) is 4.90 Å². The minimum absolute atomic E-state index is 0.128. The Morgan fingerprint density at radius 3 is 2.00 bits per heavy atom. The van der Waals surface area contributed by atoms with Crippen LogP contribution in [0.3, 0.4) is 0 Å². The van der Waals surface area contributed by atoms with Gasteiger partial charge in [-0.05, 0) is 89.0 Å². The SMILES string of the molecule is CC(C)C1CCN(CCCN(C)CCNC(=O)N2CCC(C(C)C)CC2)CC1. The van der Waals surface area contributed by atoms with Crippen molar-refractivity contribution in [1.29, 1.82) is 0 Å². The van der Waals surface area contributed by atoms with E-state index in [4.69, 9.17) is 0 Å². The molecule has 2 amide bonds. The van der Waals surface area contributed by atoms with E-state index in [0.717, 1.165) is 69.2 Å². The van der Waals surface area contributed by atoms with Crippen LogP contribution in [0.15, 0.2) is 0 Å². The zero-order valence-corrected chi connectivity index (χ0v) is 19.3. The number of likely N-dealkylation sites (N-methyl/N-ethyl adjacent to an activating group) is 1. The summed E-state index contributed by atoms with van der Waals surface area (Å²) in [6, 6.07) is 0.128. The average molecular weight is 395 g/mol. The Labute approximate surface area is 174 Å². The number of hydrogen-bond acceptors (Lipinski definition) is 3. The fourth-order valence-corrected chi connectivity index (χ4v) is 4.75. The molecule has 0 aromatic heterocycles. The molecule has 2 aliphatic heterocycles. The van der Waals surface area contributed by atoms with E-state index in [0.29, 0.717) is 0 Å². The number of rotatable bonds is 9. The second kappa shape index (κ2) is 12.0. The molecule has 28 heavy (non-hydrogen) atoms. The number of piperidine rings is 2. The van der Waals surface area contributed by atoms with Gasteiger partial charge >= 0.3 is 6.03 Å². The van der Waals surface area contributed by atoms with Gasteiger partial charge in [-0.15, -0.1) is 0 Å². The van der Waals surface area contributed by atoms with Gasteiger partial charge in [0, 0.05) is 26.2 Å². The van der Waals surface area contributed by atoms with E-state index in [-0.39, 0.29) is 6.03 Å². The van der Waals surface area contributed by atoms with Gasteiger partial charge in [0.15, 0.2) is 0 Å². The maximum absolute atomic E-state index is 12.3. The summed E-state index contributed by atoms with van der Waals surface area (Å²) in [5, 5.41) is 3.12. The molecule has 0 aromatic rings. The van der Waals surface area contributed by atoms with Crippen LogP contribution in [0.25, 0.3) is 0 Å². The lowest BCUT2D eigenvalue weighted by Crippen LogP contribution is -2.46. The summed E-state index contributed by atoms with van der Waals surface area (Å²) in [6.45, 7) is 17.7. The van der Waals surface area contributed by atoms with Crippen molar-refractivity contribution >= 4 is 6.03 Å². The van der Waals surface area contributed by atoms with Gasteiger partial charge < -0.3 is 20.0 Å². The highest BCUT2D eigenvalue weighted by atomic mass is 16.2. The summed E-state index contributed by atoms with van der Waals surface area (Å²) < 4.78 is 0. The molecule has 1 N–H and O–H groups in total. The number of hydrogen-bond donors (Lipinski definition) is 1. The van der Waals surface area contributed by atoms with E-state index in [9.17, 15) is 4.79 Å². The Hall–Kier alpha value is -0.810. The summed E-state index contributed by atoms with van der Waals surface area (Å²) in [5.74, 6) is 3.29. The van der Waals surface area contributed by atoms with Crippen molar-refractivity contribution in [3.05, 3.63) is 0 Å². The van der Waals surface area contributed by atoms with Crippen LogP contribution < -0.4 is 5.32 Å². The van der Waals surface area contributed by atoms with Crippen LogP contribution in [0.5, 0.6) is 0 Å². The number of nitrogens with one attached hydrogen (secondary N) is 1. The summed E-state index contributed by atoms with van der Waals surface area (Å²) in [7, 11) is 2.17. The van der Waals surface area contributed by atoms with Crippen LogP contribution in [-0.2, 0) is 0 Å². The average Bonchev–Trinajstić information content (AvgIpc) is 2.68. The van der Waals surface area contributed by atoms with Gasteiger partial charge in [-0.1, -0.05) is 27.7 Å². The molecule has 0 unspecified atom stereocenters. The Morgan fingerprint density at radius 1 is 0.929 bits per heavy atom. The normalized spacial score (nSPS) is 20.5. The maximum Gasteiger partial charge on any atom is 0.317 e. The van der Waals surface area contributed by atoms with Crippen LogP contribution in [0.1, 0.15) is 59.8 Å². The minimum atomic E-state index is 0.128. The molecule has 2 saturated heterocycles. The molecule has 0 aliphatic carbocycles. The molecule has 0 bridgehead atoms. The van der Waals surface area contributed by atoms with E-state index in [1.54, 1.807) is 0 Å². The Bertz CT molecular complexity index is 438. The third-order valence-corrected chi connectivity index (χ3v) is 7.13. The molecule has 2 heterocycles. The molecule has 2 fully saturated rings. The largest absolute Gasteiger partial charge is 0.337 e. The molecule has 0 saturated carbocycles. The summed E-state index contributed by atoms with van der Waals surface area (Å²) in [5.41, 5.74) is 0. The van der Waals surface area contributed by atoms with Gasteiger partial charge in [0.1, 0.15) is 0 Å². The molecule has 0 spiro atoms. The summed E-state index contributed by atoms with van der Waals surface area (Å²) in [4.78, 5) is 19.3. The van der Waals surface area contributed by atoms with Gasteiger partial charge in [0.2, 0.25) is 0 Å². The first-order chi connectivity index (χ1) is 13.4. The highest BCUT2D eigenvalue weighted by Gasteiger charge is 2.24. The highest BCUT2D eigenvalue weighted by molar-refractivity contribution is 5.74. The van der Waals surface area contributed by atoms with Crippen LogP contribution >= 0.6 is 0 Å². The van der Waals surface area contributed by atoms with E-state index in [2.05, 4.69) is 49.9 Å². The number of nitrogens with zero attached hydrogens (tertiary/aromatic N) is 3. The molecule has 0 aromatic carbocycles. The lowest BCUT2D eigenvalue weighted by Gasteiger charge is -2.34. The molecule has 5 nitrogen and oxygen atoms in total. The molecule has 164 valence electrons. The topological polar surface area (TPSA) is 38.8 Å². The summed E-state index contributed by atoms with van der Waals surface area (Å²) >= 11 is 0. The van der Waals surface area contributed by atoms with Crippen molar-refractivity contribution in [1.82, 2.24) is 20.0 Å². The van der Waals surface area contributed by atoms with Gasteiger partial charge in [0.05, 0.1) is 0 Å². The molecule has 0 atom stereocenters. The maximum atomic E-state index is 12.3.